The third-order valence-corrected chi connectivity index (χ3v) is 6.56. The van der Waals surface area contributed by atoms with Gasteiger partial charge >= 0.3 is 0 Å². The number of hydrogen-bond acceptors (Lipinski definition) is 5. The summed E-state index contributed by atoms with van der Waals surface area (Å²) in [5.74, 6) is 1.49. The molecule has 138 valence electrons. The number of nitrogens with zero attached hydrogens (tertiary/aromatic N) is 1. The number of aryl methyl sites for hydroxylation is 1. The highest BCUT2D eigenvalue weighted by atomic mass is 32.1. The summed E-state index contributed by atoms with van der Waals surface area (Å²) in [6, 6.07) is 5.79. The van der Waals surface area contributed by atoms with E-state index in [-0.39, 0.29) is 17.4 Å². The molecule has 1 saturated carbocycles. The number of thiazole rings is 1. The molecule has 1 amide bonds. The standard InChI is InChI=1S/C20H24N2O3S/c1-13-12-26-19(21-13)20(7-3-4-8-20)22-18(23)15-9-14-5-6-16(24-2)10-17(14)25-11-15/h5-6,10,12,15H,3-4,7-9,11H2,1-2H3,(H,22,23). The number of fused-ring (bicyclic) bond motifs is 1. The number of carbonyl (C=O) groups is 1. The van der Waals surface area contributed by atoms with Crippen LogP contribution in [0.3, 0.4) is 0 Å². The van der Waals surface area contributed by atoms with Crippen molar-refractivity contribution in [1.82, 2.24) is 10.3 Å². The number of carbonyl (C=O) groups excluding carboxylic acids is 1. The molecule has 1 atom stereocenters. The molecular formula is C20H24N2O3S. The number of ether oxygens (including phenoxy) is 2. The first kappa shape index (κ1) is 17.3. The number of hydrogen-bond donors (Lipinski definition) is 1. The zero-order valence-corrected chi connectivity index (χ0v) is 16.0. The van der Waals surface area contributed by atoms with Crippen molar-refractivity contribution in [3.05, 3.63) is 39.8 Å². The summed E-state index contributed by atoms with van der Waals surface area (Å²) < 4.78 is 11.1. The predicted octanol–water partition coefficient (Wildman–Crippen LogP) is 3.60. The first-order chi connectivity index (χ1) is 12.6. The second-order valence-corrected chi connectivity index (χ2v) is 8.12. The summed E-state index contributed by atoms with van der Waals surface area (Å²) in [6.45, 7) is 2.41. The zero-order chi connectivity index (χ0) is 18.1. The minimum absolute atomic E-state index is 0.0706. The van der Waals surface area contributed by atoms with Crippen molar-refractivity contribution in [2.75, 3.05) is 13.7 Å². The maximum Gasteiger partial charge on any atom is 0.227 e. The molecule has 1 aliphatic carbocycles. The van der Waals surface area contributed by atoms with Gasteiger partial charge in [-0.25, -0.2) is 4.98 Å². The summed E-state index contributed by atoms with van der Waals surface area (Å²) in [5.41, 5.74) is 1.79. The Labute approximate surface area is 157 Å². The average Bonchev–Trinajstić information content (AvgIpc) is 3.30. The summed E-state index contributed by atoms with van der Waals surface area (Å²) in [7, 11) is 1.64. The van der Waals surface area contributed by atoms with E-state index < -0.39 is 0 Å². The SMILES string of the molecule is COc1ccc2c(c1)OCC(C(=O)NC1(c3nc(C)cs3)CCCC1)C2. The van der Waals surface area contributed by atoms with Gasteiger partial charge in [0.15, 0.2) is 0 Å². The van der Waals surface area contributed by atoms with Gasteiger partial charge in [0.05, 0.1) is 18.6 Å². The highest BCUT2D eigenvalue weighted by Crippen LogP contribution is 2.41. The third kappa shape index (κ3) is 3.18. The van der Waals surface area contributed by atoms with Gasteiger partial charge in [-0.3, -0.25) is 4.79 Å². The Morgan fingerprint density at radius 1 is 1.38 bits per heavy atom. The van der Waals surface area contributed by atoms with Crippen LogP contribution in [0.2, 0.25) is 0 Å². The quantitative estimate of drug-likeness (QED) is 0.891. The van der Waals surface area contributed by atoms with Crippen LogP contribution in [0.1, 0.15) is 41.9 Å². The molecule has 0 spiro atoms. The van der Waals surface area contributed by atoms with E-state index in [0.29, 0.717) is 13.0 Å². The van der Waals surface area contributed by atoms with Crippen molar-refractivity contribution in [3.63, 3.8) is 0 Å². The smallest absolute Gasteiger partial charge is 0.227 e. The first-order valence-corrected chi connectivity index (χ1v) is 10.0. The van der Waals surface area contributed by atoms with E-state index in [2.05, 4.69) is 15.7 Å². The van der Waals surface area contributed by atoms with Crippen LogP contribution in [0.25, 0.3) is 0 Å². The molecule has 2 heterocycles. The highest BCUT2D eigenvalue weighted by molar-refractivity contribution is 7.09. The van der Waals surface area contributed by atoms with Gasteiger partial charge in [-0.15, -0.1) is 11.3 Å². The molecule has 0 saturated heterocycles. The van der Waals surface area contributed by atoms with Crippen LogP contribution in [0.15, 0.2) is 23.6 Å². The second kappa shape index (κ2) is 6.91. The largest absolute Gasteiger partial charge is 0.497 e. The van der Waals surface area contributed by atoms with Gasteiger partial charge < -0.3 is 14.8 Å². The fraction of sp³-hybridized carbons (Fsp3) is 0.500. The van der Waals surface area contributed by atoms with Gasteiger partial charge in [0.25, 0.3) is 0 Å². The number of aromatic nitrogens is 1. The lowest BCUT2D eigenvalue weighted by molar-refractivity contribution is -0.128. The van der Waals surface area contributed by atoms with E-state index in [1.54, 1.807) is 18.4 Å². The fourth-order valence-electron chi connectivity index (χ4n) is 3.93. The van der Waals surface area contributed by atoms with E-state index in [4.69, 9.17) is 9.47 Å². The van der Waals surface area contributed by atoms with E-state index in [1.807, 2.05) is 25.1 Å². The van der Waals surface area contributed by atoms with Crippen LogP contribution in [-0.4, -0.2) is 24.6 Å². The van der Waals surface area contributed by atoms with Crippen LogP contribution in [-0.2, 0) is 16.8 Å². The average molecular weight is 372 g/mol. The van der Waals surface area contributed by atoms with E-state index >= 15 is 0 Å². The minimum atomic E-state index is -0.295. The monoisotopic (exact) mass is 372 g/mol. The molecular weight excluding hydrogens is 348 g/mol. The summed E-state index contributed by atoms with van der Waals surface area (Å²) >= 11 is 1.66. The molecule has 0 radical (unpaired) electrons. The van der Waals surface area contributed by atoms with Crippen molar-refractivity contribution >= 4 is 17.2 Å². The van der Waals surface area contributed by atoms with E-state index in [1.165, 1.54) is 0 Å². The molecule has 5 nitrogen and oxygen atoms in total. The molecule has 4 rings (SSSR count). The lowest BCUT2D eigenvalue weighted by atomic mass is 9.92. The molecule has 2 aromatic rings. The van der Waals surface area contributed by atoms with Crippen LogP contribution < -0.4 is 14.8 Å². The molecule has 1 fully saturated rings. The van der Waals surface area contributed by atoms with Crippen molar-refractivity contribution < 1.29 is 14.3 Å². The maximum atomic E-state index is 13.0. The predicted molar refractivity (Wildman–Crippen MR) is 101 cm³/mol. The number of benzene rings is 1. The van der Waals surface area contributed by atoms with Crippen LogP contribution in [0.4, 0.5) is 0 Å². The summed E-state index contributed by atoms with van der Waals surface area (Å²) in [6.07, 6.45) is 4.88. The Hall–Kier alpha value is -2.08. The van der Waals surface area contributed by atoms with Gasteiger partial charge in [0.2, 0.25) is 5.91 Å². The van der Waals surface area contributed by atoms with Gasteiger partial charge in [-0.05, 0) is 37.8 Å². The van der Waals surface area contributed by atoms with Gasteiger partial charge in [0.1, 0.15) is 23.1 Å². The van der Waals surface area contributed by atoms with Crippen LogP contribution in [0.5, 0.6) is 11.5 Å². The summed E-state index contributed by atoms with van der Waals surface area (Å²) in [4.78, 5) is 17.7. The molecule has 6 heteroatoms. The molecule has 26 heavy (non-hydrogen) atoms. The Morgan fingerprint density at radius 3 is 2.88 bits per heavy atom. The molecule has 1 N–H and O–H groups in total. The Balaban J connectivity index is 1.50. The normalized spacial score (nSPS) is 20.9. The molecule has 2 aliphatic rings. The Bertz CT molecular complexity index is 811. The topological polar surface area (TPSA) is 60.5 Å². The molecule has 1 unspecified atom stereocenters. The number of nitrogens with one attached hydrogen (secondary N) is 1. The van der Waals surface area contributed by atoms with Crippen molar-refractivity contribution in [2.45, 2.75) is 44.6 Å². The van der Waals surface area contributed by atoms with Crippen LogP contribution in [0, 0.1) is 12.8 Å². The Morgan fingerprint density at radius 2 is 2.19 bits per heavy atom. The summed E-state index contributed by atoms with van der Waals surface area (Å²) in [5, 5.41) is 6.46. The van der Waals surface area contributed by atoms with Crippen molar-refractivity contribution in [1.29, 1.82) is 0 Å². The van der Waals surface area contributed by atoms with Gasteiger partial charge in [-0.2, -0.15) is 0 Å². The number of amides is 1. The first-order valence-electron chi connectivity index (χ1n) is 9.14. The van der Waals surface area contributed by atoms with Crippen molar-refractivity contribution in [3.8, 4) is 11.5 Å². The number of rotatable bonds is 4. The lowest BCUT2D eigenvalue weighted by Crippen LogP contribution is -2.48. The zero-order valence-electron chi connectivity index (χ0n) is 15.2. The van der Waals surface area contributed by atoms with E-state index in [9.17, 15) is 4.79 Å². The molecule has 0 bridgehead atoms. The van der Waals surface area contributed by atoms with E-state index in [0.717, 1.165) is 53.4 Å². The third-order valence-electron chi connectivity index (χ3n) is 5.40. The fourth-order valence-corrected chi connectivity index (χ4v) is 4.94. The number of methoxy groups -OCH3 is 1. The van der Waals surface area contributed by atoms with Gasteiger partial charge in [-0.1, -0.05) is 18.9 Å². The molecule has 1 aliphatic heterocycles. The minimum Gasteiger partial charge on any atom is -0.497 e. The van der Waals surface area contributed by atoms with Crippen LogP contribution >= 0.6 is 11.3 Å². The van der Waals surface area contributed by atoms with Gasteiger partial charge in [0, 0.05) is 17.1 Å². The molecule has 1 aromatic heterocycles. The van der Waals surface area contributed by atoms with Crippen molar-refractivity contribution in [2.24, 2.45) is 5.92 Å². The highest BCUT2D eigenvalue weighted by Gasteiger charge is 2.41. The second-order valence-electron chi connectivity index (χ2n) is 7.26. The lowest BCUT2D eigenvalue weighted by Gasteiger charge is -2.32. The maximum absolute atomic E-state index is 13.0. The molecule has 1 aromatic carbocycles. The Kier molecular flexibility index (Phi) is 4.61.